The molecule has 1 unspecified atom stereocenters. The molecule has 0 aromatic heterocycles. The van der Waals surface area contributed by atoms with E-state index in [0.717, 1.165) is 39.6 Å². The van der Waals surface area contributed by atoms with E-state index in [1.54, 1.807) is 0 Å². The third-order valence-corrected chi connectivity index (χ3v) is 6.59. The molecule has 0 radical (unpaired) electrons. The third kappa shape index (κ3) is 4.41. The van der Waals surface area contributed by atoms with Crippen molar-refractivity contribution in [2.45, 2.75) is 37.6 Å². The summed E-state index contributed by atoms with van der Waals surface area (Å²) < 4.78 is 5.13. The van der Waals surface area contributed by atoms with E-state index >= 15 is 0 Å². The Bertz CT molecular complexity index is 1200. The Morgan fingerprint density at radius 3 is 2.50 bits per heavy atom. The van der Waals surface area contributed by atoms with Crippen LogP contribution in [0.4, 0.5) is 0 Å². The molecular weight excluding hydrogens is 422 g/mol. The number of fused-ring (bicyclic) bond motifs is 2. The molecule has 3 aromatic rings. The average Bonchev–Trinajstić information content (AvgIpc) is 2.80. The molecule has 1 aliphatic rings. The molecule has 6 heteroatoms. The van der Waals surface area contributed by atoms with Gasteiger partial charge < -0.3 is 10.1 Å². The van der Waals surface area contributed by atoms with Crippen molar-refractivity contribution in [3.05, 3.63) is 65.7 Å². The van der Waals surface area contributed by atoms with Gasteiger partial charge in [-0.1, -0.05) is 61.9 Å². The maximum Gasteiger partial charge on any atom is 0.316 e. The lowest BCUT2D eigenvalue weighted by molar-refractivity contribution is -0.146. The monoisotopic (exact) mass is 447 g/mol. The highest BCUT2D eigenvalue weighted by Gasteiger charge is 2.25. The summed E-state index contributed by atoms with van der Waals surface area (Å²) in [6, 6.07) is 17.4. The van der Waals surface area contributed by atoms with Gasteiger partial charge in [-0.05, 0) is 35.9 Å². The zero-order valence-electron chi connectivity index (χ0n) is 18.1. The number of amides is 1. The number of rotatable bonds is 8. The Morgan fingerprint density at radius 1 is 0.969 bits per heavy atom. The lowest BCUT2D eigenvalue weighted by atomic mass is 9.83. The van der Waals surface area contributed by atoms with Gasteiger partial charge in [-0.3, -0.25) is 14.4 Å². The van der Waals surface area contributed by atoms with Gasteiger partial charge in [0.05, 0.1) is 5.75 Å². The van der Waals surface area contributed by atoms with E-state index in [4.69, 9.17) is 4.74 Å². The molecule has 0 spiro atoms. The van der Waals surface area contributed by atoms with E-state index < -0.39 is 5.97 Å². The molecule has 1 N–H and O–H groups in total. The van der Waals surface area contributed by atoms with E-state index in [9.17, 15) is 14.4 Å². The molecule has 5 nitrogen and oxygen atoms in total. The SMILES string of the molecule is CCCC(C)NC(=O)COC(=O)CSc1ccc2c3c(cccc13)C(=O)c1ccccc1-2. The van der Waals surface area contributed by atoms with E-state index in [2.05, 4.69) is 12.2 Å². The number of ketones is 1. The van der Waals surface area contributed by atoms with Crippen LogP contribution in [0.3, 0.4) is 0 Å². The molecule has 0 saturated carbocycles. The van der Waals surface area contributed by atoms with Gasteiger partial charge in [-0.15, -0.1) is 11.8 Å². The standard InChI is InChI=1S/C26H25NO4S/c1-3-7-16(2)27-23(28)14-31-24(29)15-32-22-13-12-18-17-8-4-5-9-19(17)26(30)21-11-6-10-20(22)25(18)21/h4-6,8-13,16H,3,7,14-15H2,1-2H3,(H,27,28). The number of nitrogens with one attached hydrogen (secondary N) is 1. The van der Waals surface area contributed by atoms with Crippen LogP contribution >= 0.6 is 11.8 Å². The molecule has 1 atom stereocenters. The number of esters is 1. The minimum Gasteiger partial charge on any atom is -0.455 e. The van der Waals surface area contributed by atoms with Gasteiger partial charge in [-0.25, -0.2) is 0 Å². The fourth-order valence-electron chi connectivity index (χ4n) is 4.13. The van der Waals surface area contributed by atoms with Gasteiger partial charge in [0.15, 0.2) is 12.4 Å². The summed E-state index contributed by atoms with van der Waals surface area (Å²) in [5.74, 6) is -0.636. The van der Waals surface area contributed by atoms with Crippen LogP contribution in [0.15, 0.2) is 59.5 Å². The minimum atomic E-state index is -0.449. The summed E-state index contributed by atoms with van der Waals surface area (Å²) in [5, 5.41) is 4.67. The summed E-state index contributed by atoms with van der Waals surface area (Å²) in [5.41, 5.74) is 3.35. The molecule has 4 rings (SSSR count). The number of carbonyl (C=O) groups is 3. The van der Waals surface area contributed by atoms with Crippen molar-refractivity contribution >= 4 is 40.2 Å². The number of hydrogen-bond acceptors (Lipinski definition) is 5. The lowest BCUT2D eigenvalue weighted by Crippen LogP contribution is -2.35. The summed E-state index contributed by atoms with van der Waals surface area (Å²) in [6.45, 7) is 3.71. The highest BCUT2D eigenvalue weighted by molar-refractivity contribution is 8.00. The second-order valence-electron chi connectivity index (χ2n) is 7.92. The van der Waals surface area contributed by atoms with Crippen molar-refractivity contribution in [2.75, 3.05) is 12.4 Å². The van der Waals surface area contributed by atoms with E-state index in [1.165, 1.54) is 11.8 Å². The predicted octanol–water partition coefficient (Wildman–Crippen LogP) is 4.99. The highest BCUT2D eigenvalue weighted by atomic mass is 32.2. The maximum atomic E-state index is 13.0. The Hall–Kier alpha value is -3.12. The van der Waals surface area contributed by atoms with Crippen LogP contribution in [0, 0.1) is 0 Å². The fraction of sp³-hybridized carbons (Fsp3) is 0.269. The molecule has 0 aliphatic heterocycles. The molecular formula is C26H25NO4S. The molecule has 0 fully saturated rings. The molecule has 164 valence electrons. The van der Waals surface area contributed by atoms with Gasteiger partial charge in [0.1, 0.15) is 0 Å². The van der Waals surface area contributed by atoms with Crippen LogP contribution in [0.5, 0.6) is 0 Å². The molecule has 1 amide bonds. The smallest absolute Gasteiger partial charge is 0.316 e. The van der Waals surface area contributed by atoms with Crippen LogP contribution in [-0.2, 0) is 14.3 Å². The van der Waals surface area contributed by atoms with Crippen molar-refractivity contribution in [3.63, 3.8) is 0 Å². The Balaban J connectivity index is 1.48. The van der Waals surface area contributed by atoms with Crippen molar-refractivity contribution in [1.29, 1.82) is 0 Å². The number of ether oxygens (including phenoxy) is 1. The van der Waals surface area contributed by atoms with Gasteiger partial charge in [-0.2, -0.15) is 0 Å². The Morgan fingerprint density at radius 2 is 1.72 bits per heavy atom. The summed E-state index contributed by atoms with van der Waals surface area (Å²) >= 11 is 1.35. The molecule has 32 heavy (non-hydrogen) atoms. The first kappa shape index (κ1) is 22.1. The molecule has 0 heterocycles. The van der Waals surface area contributed by atoms with Crippen molar-refractivity contribution < 1.29 is 19.1 Å². The molecule has 3 aromatic carbocycles. The highest BCUT2D eigenvalue weighted by Crippen LogP contribution is 2.42. The van der Waals surface area contributed by atoms with Crippen LogP contribution in [0.2, 0.25) is 0 Å². The summed E-state index contributed by atoms with van der Waals surface area (Å²) in [4.78, 5) is 38.0. The second-order valence-corrected chi connectivity index (χ2v) is 8.94. The lowest BCUT2D eigenvalue weighted by Gasteiger charge is -2.21. The van der Waals surface area contributed by atoms with Crippen LogP contribution < -0.4 is 5.32 Å². The topological polar surface area (TPSA) is 72.5 Å². The fourth-order valence-corrected chi connectivity index (χ4v) is 4.97. The first-order valence-electron chi connectivity index (χ1n) is 10.8. The van der Waals surface area contributed by atoms with Crippen molar-refractivity contribution in [2.24, 2.45) is 0 Å². The summed E-state index contributed by atoms with van der Waals surface area (Å²) in [6.07, 6.45) is 1.86. The first-order valence-corrected chi connectivity index (χ1v) is 11.8. The van der Waals surface area contributed by atoms with Gasteiger partial charge in [0, 0.05) is 27.5 Å². The molecule has 0 bridgehead atoms. The van der Waals surface area contributed by atoms with Crippen LogP contribution in [0.25, 0.3) is 21.9 Å². The Kier molecular flexibility index (Phi) is 6.61. The van der Waals surface area contributed by atoms with Crippen LogP contribution in [-0.4, -0.2) is 36.1 Å². The van der Waals surface area contributed by atoms with Gasteiger partial charge in [0.25, 0.3) is 5.91 Å². The number of thioether (sulfide) groups is 1. The minimum absolute atomic E-state index is 0.0172. The number of benzene rings is 3. The second kappa shape index (κ2) is 9.57. The van der Waals surface area contributed by atoms with E-state index in [-0.39, 0.29) is 30.1 Å². The number of hydrogen-bond donors (Lipinski definition) is 1. The maximum absolute atomic E-state index is 13.0. The van der Waals surface area contributed by atoms with Crippen molar-refractivity contribution in [3.8, 4) is 11.1 Å². The van der Waals surface area contributed by atoms with Gasteiger partial charge in [0.2, 0.25) is 0 Å². The van der Waals surface area contributed by atoms with E-state index in [1.807, 2.05) is 61.5 Å². The van der Waals surface area contributed by atoms with Crippen molar-refractivity contribution in [1.82, 2.24) is 5.32 Å². The normalized spacial score (nSPS) is 12.9. The average molecular weight is 448 g/mol. The molecule has 1 aliphatic carbocycles. The number of carbonyl (C=O) groups excluding carboxylic acids is 3. The largest absolute Gasteiger partial charge is 0.455 e. The van der Waals surface area contributed by atoms with E-state index in [0.29, 0.717) is 11.1 Å². The Labute approximate surface area is 191 Å². The summed E-state index contributed by atoms with van der Waals surface area (Å²) in [7, 11) is 0. The van der Waals surface area contributed by atoms with Crippen LogP contribution in [0.1, 0.15) is 42.6 Å². The predicted molar refractivity (Wildman–Crippen MR) is 127 cm³/mol. The first-order chi connectivity index (χ1) is 15.5. The third-order valence-electron chi connectivity index (χ3n) is 5.55. The van der Waals surface area contributed by atoms with Gasteiger partial charge >= 0.3 is 5.97 Å². The zero-order chi connectivity index (χ0) is 22.7. The quantitative estimate of drug-likeness (QED) is 0.304. The molecule has 0 saturated heterocycles. The zero-order valence-corrected chi connectivity index (χ0v) is 19.0.